The van der Waals surface area contributed by atoms with Crippen molar-refractivity contribution in [1.82, 2.24) is 30.0 Å². The van der Waals surface area contributed by atoms with Crippen LogP contribution in [0.15, 0.2) is 30.5 Å². The smallest absolute Gasteiger partial charge is 0.178 e. The van der Waals surface area contributed by atoms with Crippen molar-refractivity contribution in [1.29, 1.82) is 0 Å². The highest BCUT2D eigenvalue weighted by atomic mass is 15.4. The van der Waals surface area contributed by atoms with Crippen LogP contribution in [0.3, 0.4) is 0 Å². The van der Waals surface area contributed by atoms with Crippen LogP contribution in [-0.2, 0) is 0 Å². The topological polar surface area (TPSA) is 75.3 Å². The molecule has 1 aliphatic carbocycles. The van der Waals surface area contributed by atoms with Gasteiger partial charge in [0.25, 0.3) is 0 Å². The molecule has 0 amide bonds. The first-order chi connectivity index (χ1) is 12.8. The van der Waals surface area contributed by atoms with Crippen molar-refractivity contribution in [3.8, 4) is 0 Å². The second-order valence-electron chi connectivity index (χ2n) is 7.23. The van der Waals surface area contributed by atoms with Crippen molar-refractivity contribution in [2.45, 2.75) is 37.6 Å². The lowest BCUT2D eigenvalue weighted by Crippen LogP contribution is -2.47. The van der Waals surface area contributed by atoms with Crippen molar-refractivity contribution in [2.24, 2.45) is 0 Å². The van der Waals surface area contributed by atoms with Crippen LogP contribution in [0.1, 0.15) is 37.4 Å². The van der Waals surface area contributed by atoms with Gasteiger partial charge in [-0.2, -0.15) is 9.61 Å². The quantitative estimate of drug-likeness (QED) is 0.711. The van der Waals surface area contributed by atoms with Crippen molar-refractivity contribution in [2.75, 3.05) is 29.9 Å². The maximum Gasteiger partial charge on any atom is 0.178 e. The molecule has 0 N–H and O–H groups in total. The molecule has 26 heavy (non-hydrogen) atoms. The summed E-state index contributed by atoms with van der Waals surface area (Å²) < 4.78 is 1.92. The third-order valence-electron chi connectivity index (χ3n) is 5.40. The number of hydrogen-bond donors (Lipinski definition) is 0. The summed E-state index contributed by atoms with van der Waals surface area (Å²) in [5, 5.41) is 21.7. The molecule has 1 saturated heterocycles. The minimum absolute atomic E-state index is 0.386. The average molecular weight is 350 g/mol. The lowest BCUT2D eigenvalue weighted by Gasteiger charge is -2.38. The van der Waals surface area contributed by atoms with Gasteiger partial charge in [-0.3, -0.25) is 0 Å². The second-order valence-corrected chi connectivity index (χ2v) is 7.23. The van der Waals surface area contributed by atoms with E-state index >= 15 is 0 Å². The van der Waals surface area contributed by atoms with Gasteiger partial charge in [-0.25, -0.2) is 0 Å². The van der Waals surface area contributed by atoms with E-state index in [4.69, 9.17) is 5.10 Å². The van der Waals surface area contributed by atoms with E-state index in [0.29, 0.717) is 12.0 Å². The third-order valence-corrected chi connectivity index (χ3v) is 5.40. The van der Waals surface area contributed by atoms with Crippen LogP contribution in [-0.4, -0.2) is 56.2 Å². The zero-order chi connectivity index (χ0) is 17.5. The molecule has 0 spiro atoms. The summed E-state index contributed by atoms with van der Waals surface area (Å²) in [6.07, 6.45) is 6.38. The number of nitrogens with zero attached hydrogens (tertiary/aromatic N) is 8. The molecule has 134 valence electrons. The van der Waals surface area contributed by atoms with Gasteiger partial charge >= 0.3 is 0 Å². The maximum absolute atomic E-state index is 4.84. The van der Waals surface area contributed by atoms with E-state index in [1.54, 1.807) is 6.20 Å². The number of anilines is 2. The Bertz CT molecular complexity index is 904. The first-order valence-corrected chi connectivity index (χ1v) is 9.27. The molecule has 2 fully saturated rings. The Kier molecular flexibility index (Phi) is 3.69. The molecular formula is C18H22N8. The summed E-state index contributed by atoms with van der Waals surface area (Å²) in [5.74, 6) is 3.44. The molecule has 0 radical (unpaired) electrons. The number of likely N-dealkylation sites (N-methyl/N-ethyl adjacent to an activating group) is 1. The maximum atomic E-state index is 4.84. The second kappa shape index (κ2) is 6.19. The molecule has 4 heterocycles. The SMILES string of the molecule is CN(c1ccc2nnc(C3CC3)n2n1)C1CCCN(c2cccnn2)C1. The molecule has 3 aromatic heterocycles. The number of aromatic nitrogens is 6. The Hall–Kier alpha value is -2.77. The van der Waals surface area contributed by atoms with Gasteiger partial charge in [0.1, 0.15) is 5.82 Å². The van der Waals surface area contributed by atoms with Gasteiger partial charge in [-0.05, 0) is 49.9 Å². The molecule has 1 saturated carbocycles. The Morgan fingerprint density at radius 1 is 1.08 bits per heavy atom. The fourth-order valence-corrected chi connectivity index (χ4v) is 3.71. The average Bonchev–Trinajstić information content (AvgIpc) is 3.47. The summed E-state index contributed by atoms with van der Waals surface area (Å²) in [6.45, 7) is 1.94. The van der Waals surface area contributed by atoms with Crippen molar-refractivity contribution >= 4 is 17.3 Å². The van der Waals surface area contributed by atoms with Crippen LogP contribution >= 0.6 is 0 Å². The van der Waals surface area contributed by atoms with Gasteiger partial charge in [0, 0.05) is 38.3 Å². The lowest BCUT2D eigenvalue weighted by molar-refractivity contribution is 0.481. The molecule has 0 bridgehead atoms. The number of rotatable bonds is 4. The first kappa shape index (κ1) is 15.5. The van der Waals surface area contributed by atoms with Crippen LogP contribution in [0.5, 0.6) is 0 Å². The Morgan fingerprint density at radius 2 is 2.00 bits per heavy atom. The highest BCUT2D eigenvalue weighted by Gasteiger charge is 2.30. The molecule has 8 nitrogen and oxygen atoms in total. The van der Waals surface area contributed by atoms with Gasteiger partial charge in [-0.1, -0.05) is 0 Å². The van der Waals surface area contributed by atoms with Crippen LogP contribution in [0.4, 0.5) is 11.6 Å². The van der Waals surface area contributed by atoms with Crippen LogP contribution in [0.25, 0.3) is 5.65 Å². The highest BCUT2D eigenvalue weighted by molar-refractivity contribution is 5.47. The van der Waals surface area contributed by atoms with Crippen molar-refractivity contribution in [3.63, 3.8) is 0 Å². The van der Waals surface area contributed by atoms with E-state index < -0.39 is 0 Å². The van der Waals surface area contributed by atoms with Crippen molar-refractivity contribution in [3.05, 3.63) is 36.3 Å². The Labute approximate surface area is 151 Å². The van der Waals surface area contributed by atoms with E-state index in [0.717, 1.165) is 49.0 Å². The van der Waals surface area contributed by atoms with E-state index in [-0.39, 0.29) is 0 Å². The molecule has 1 aliphatic heterocycles. The van der Waals surface area contributed by atoms with Crippen LogP contribution < -0.4 is 9.80 Å². The highest BCUT2D eigenvalue weighted by Crippen LogP contribution is 2.38. The zero-order valence-electron chi connectivity index (χ0n) is 14.9. The molecular weight excluding hydrogens is 328 g/mol. The van der Waals surface area contributed by atoms with Gasteiger partial charge in [0.05, 0.1) is 0 Å². The van der Waals surface area contributed by atoms with E-state index in [2.05, 4.69) is 37.2 Å². The van der Waals surface area contributed by atoms with Crippen molar-refractivity contribution < 1.29 is 0 Å². The number of piperidine rings is 1. The monoisotopic (exact) mass is 350 g/mol. The first-order valence-electron chi connectivity index (χ1n) is 9.27. The minimum Gasteiger partial charge on any atom is -0.353 e. The molecule has 2 aliphatic rings. The van der Waals surface area contributed by atoms with Gasteiger partial charge in [-0.15, -0.1) is 20.4 Å². The molecule has 1 atom stereocenters. The predicted octanol–water partition coefficient (Wildman–Crippen LogP) is 1.90. The lowest BCUT2D eigenvalue weighted by atomic mass is 10.0. The predicted molar refractivity (Wildman–Crippen MR) is 98.4 cm³/mol. The van der Waals surface area contributed by atoms with Crippen LogP contribution in [0.2, 0.25) is 0 Å². The van der Waals surface area contributed by atoms with E-state index in [1.165, 1.54) is 12.8 Å². The molecule has 0 aromatic carbocycles. The Balaban J connectivity index is 1.39. The van der Waals surface area contributed by atoms with E-state index in [9.17, 15) is 0 Å². The standard InChI is InChI=1S/C18H22N8/c1-24(14-4-3-11-25(12-14)15-5-2-10-19-20-15)17-9-8-16-21-22-18(13-6-7-13)26(16)23-17/h2,5,8-10,13-14H,3-4,6-7,11-12H2,1H3. The number of fused-ring (bicyclic) bond motifs is 1. The molecule has 3 aromatic rings. The minimum atomic E-state index is 0.386. The largest absolute Gasteiger partial charge is 0.353 e. The molecule has 5 rings (SSSR count). The fraction of sp³-hybridized carbons (Fsp3) is 0.500. The fourth-order valence-electron chi connectivity index (χ4n) is 3.71. The molecule has 1 unspecified atom stereocenters. The normalized spacial score (nSPS) is 20.5. The summed E-state index contributed by atoms with van der Waals surface area (Å²) in [4.78, 5) is 4.59. The zero-order valence-corrected chi connectivity index (χ0v) is 14.9. The van der Waals surface area contributed by atoms with Crippen LogP contribution in [0, 0.1) is 0 Å². The van der Waals surface area contributed by atoms with Gasteiger partial charge in [0.15, 0.2) is 17.3 Å². The third kappa shape index (κ3) is 2.75. The summed E-state index contributed by atoms with van der Waals surface area (Å²) in [6, 6.07) is 8.41. The molecule has 8 heteroatoms. The van der Waals surface area contributed by atoms with E-state index in [1.807, 2.05) is 28.8 Å². The summed E-state index contributed by atoms with van der Waals surface area (Å²) >= 11 is 0. The summed E-state index contributed by atoms with van der Waals surface area (Å²) in [5.41, 5.74) is 0.828. The summed E-state index contributed by atoms with van der Waals surface area (Å²) in [7, 11) is 2.13. The Morgan fingerprint density at radius 3 is 2.81 bits per heavy atom. The number of hydrogen-bond acceptors (Lipinski definition) is 7. The van der Waals surface area contributed by atoms with Gasteiger partial charge < -0.3 is 9.80 Å². The van der Waals surface area contributed by atoms with Gasteiger partial charge in [0.2, 0.25) is 0 Å².